The van der Waals surface area contributed by atoms with Gasteiger partial charge < -0.3 is 10.2 Å². The highest BCUT2D eigenvalue weighted by atomic mass is 35.5. The van der Waals surface area contributed by atoms with Gasteiger partial charge in [-0.1, -0.05) is 74.0 Å². The summed E-state index contributed by atoms with van der Waals surface area (Å²) < 4.78 is 81.5. The maximum atomic E-state index is 14.8. The fraction of sp³-hybridized carbons (Fsp3) is 0.333. The molecule has 3 rings (SSSR count). The highest BCUT2D eigenvalue weighted by Gasteiger charge is 2.36. The normalized spacial score (nSPS) is 12.6. The quantitative estimate of drug-likeness (QED) is 0.258. The van der Waals surface area contributed by atoms with E-state index in [-0.39, 0.29) is 29.5 Å². The second-order valence-electron chi connectivity index (χ2n) is 10.4. The molecule has 3 aromatic carbocycles. The van der Waals surface area contributed by atoms with E-state index >= 15 is 0 Å². The molecule has 0 aliphatic rings. The van der Waals surface area contributed by atoms with Gasteiger partial charge >= 0.3 is 6.18 Å². The number of hydrogen-bond acceptors (Lipinski definition) is 4. The van der Waals surface area contributed by atoms with Gasteiger partial charge in [-0.15, -0.1) is 0 Å². The number of benzene rings is 3. The topological polar surface area (TPSA) is 86.8 Å². The van der Waals surface area contributed by atoms with Gasteiger partial charge in [-0.3, -0.25) is 13.9 Å². The van der Waals surface area contributed by atoms with Crippen molar-refractivity contribution < 1.29 is 35.6 Å². The Morgan fingerprint density at radius 1 is 0.977 bits per heavy atom. The SMILES string of the molecule is CC(C)CNC(=O)[C@H](Cc1ccccc1)N(Cc1ccccc1F)C(=O)CN(c1cc(C(F)(F)F)ccc1Cl)S(C)(=O)=O. The lowest BCUT2D eigenvalue weighted by molar-refractivity contribution is -0.140. The molecule has 0 heterocycles. The van der Waals surface area contributed by atoms with Gasteiger partial charge in [0, 0.05) is 25.1 Å². The standard InChI is InChI=1S/C30H32ClF4N3O4S/c1-20(2)17-36-29(40)27(15-21-9-5-4-6-10-21)37(18-22-11-7-8-12-25(22)32)28(39)19-38(43(3,41)42)26-16-23(30(33,34)35)13-14-24(26)31/h4-14,16,20,27H,15,17-19H2,1-3H3,(H,36,40)/t27-/m0/s1. The van der Waals surface area contributed by atoms with Crippen LogP contribution in [0.5, 0.6) is 0 Å². The van der Waals surface area contributed by atoms with Crippen LogP contribution in [0.15, 0.2) is 72.8 Å². The Kier molecular flexibility index (Phi) is 11.2. The van der Waals surface area contributed by atoms with Gasteiger partial charge in [0.15, 0.2) is 0 Å². The molecule has 43 heavy (non-hydrogen) atoms. The van der Waals surface area contributed by atoms with Crippen LogP contribution in [-0.2, 0) is 38.8 Å². The van der Waals surface area contributed by atoms with Gasteiger partial charge in [-0.05, 0) is 35.7 Å². The summed E-state index contributed by atoms with van der Waals surface area (Å²) in [6, 6.07) is 15.2. The fourth-order valence-electron chi connectivity index (χ4n) is 4.26. The van der Waals surface area contributed by atoms with Crippen LogP contribution in [0, 0.1) is 11.7 Å². The highest BCUT2D eigenvalue weighted by molar-refractivity contribution is 7.92. The maximum Gasteiger partial charge on any atom is 0.416 e. The van der Waals surface area contributed by atoms with Crippen molar-refractivity contribution in [1.82, 2.24) is 10.2 Å². The first-order valence-electron chi connectivity index (χ1n) is 13.3. The van der Waals surface area contributed by atoms with E-state index < -0.39 is 64.2 Å². The molecule has 0 spiro atoms. The van der Waals surface area contributed by atoms with E-state index in [0.717, 1.165) is 17.2 Å². The van der Waals surface area contributed by atoms with Gasteiger partial charge in [0.05, 0.1) is 22.5 Å². The van der Waals surface area contributed by atoms with Gasteiger partial charge in [-0.25, -0.2) is 12.8 Å². The lowest BCUT2D eigenvalue weighted by atomic mass is 10.0. The number of halogens is 5. The molecular weight excluding hydrogens is 610 g/mol. The zero-order valence-corrected chi connectivity index (χ0v) is 25.3. The molecule has 0 unspecified atom stereocenters. The fourth-order valence-corrected chi connectivity index (χ4v) is 5.38. The van der Waals surface area contributed by atoms with Crippen LogP contribution in [-0.4, -0.2) is 50.5 Å². The molecule has 13 heteroatoms. The monoisotopic (exact) mass is 641 g/mol. The van der Waals surface area contributed by atoms with E-state index in [2.05, 4.69) is 5.32 Å². The molecule has 0 aliphatic carbocycles. The number of hydrogen-bond donors (Lipinski definition) is 1. The van der Waals surface area contributed by atoms with Crippen molar-refractivity contribution in [3.05, 3.63) is 100 Å². The molecule has 0 aromatic heterocycles. The van der Waals surface area contributed by atoms with Crippen molar-refractivity contribution >= 4 is 39.1 Å². The maximum absolute atomic E-state index is 14.8. The zero-order valence-electron chi connectivity index (χ0n) is 23.7. The number of carbonyl (C=O) groups excluding carboxylic acids is 2. The molecular formula is C30H32ClF4N3O4S. The molecule has 1 atom stereocenters. The Morgan fingerprint density at radius 3 is 2.19 bits per heavy atom. The number of alkyl halides is 3. The smallest absolute Gasteiger partial charge is 0.354 e. The minimum atomic E-state index is -4.82. The number of rotatable bonds is 12. The second kappa shape index (κ2) is 14.2. The molecule has 7 nitrogen and oxygen atoms in total. The average Bonchev–Trinajstić information content (AvgIpc) is 2.93. The Morgan fingerprint density at radius 2 is 1.60 bits per heavy atom. The van der Waals surface area contributed by atoms with Crippen molar-refractivity contribution in [3.8, 4) is 0 Å². The largest absolute Gasteiger partial charge is 0.416 e. The number of nitrogens with zero attached hydrogens (tertiary/aromatic N) is 2. The summed E-state index contributed by atoms with van der Waals surface area (Å²) in [6.45, 7) is 2.58. The lowest BCUT2D eigenvalue weighted by Crippen LogP contribution is -2.53. The summed E-state index contributed by atoms with van der Waals surface area (Å²) in [5, 5.41) is 2.44. The van der Waals surface area contributed by atoms with Crippen LogP contribution in [0.2, 0.25) is 5.02 Å². The molecule has 232 valence electrons. The Bertz CT molecular complexity index is 1540. The number of anilines is 1. The van der Waals surface area contributed by atoms with Crippen molar-refractivity contribution in [2.75, 3.05) is 23.7 Å². The highest BCUT2D eigenvalue weighted by Crippen LogP contribution is 2.36. The van der Waals surface area contributed by atoms with E-state index in [0.29, 0.717) is 22.0 Å². The van der Waals surface area contributed by atoms with E-state index in [1.54, 1.807) is 30.3 Å². The van der Waals surface area contributed by atoms with Crippen LogP contribution >= 0.6 is 11.6 Å². The summed E-state index contributed by atoms with van der Waals surface area (Å²) in [4.78, 5) is 28.6. The summed E-state index contributed by atoms with van der Waals surface area (Å²) in [6.07, 6.45) is -4.11. The molecule has 0 aliphatic heterocycles. The van der Waals surface area contributed by atoms with Crippen molar-refractivity contribution in [2.45, 2.75) is 39.0 Å². The van der Waals surface area contributed by atoms with Crippen molar-refractivity contribution in [3.63, 3.8) is 0 Å². The Balaban J connectivity index is 2.12. The Labute approximate surface area is 253 Å². The minimum Gasteiger partial charge on any atom is -0.354 e. The minimum absolute atomic E-state index is 0.00580. The van der Waals surface area contributed by atoms with Gasteiger partial charge in [0.25, 0.3) is 0 Å². The number of nitrogens with one attached hydrogen (secondary N) is 1. The molecule has 0 radical (unpaired) electrons. The van der Waals surface area contributed by atoms with Crippen molar-refractivity contribution in [2.24, 2.45) is 5.92 Å². The van der Waals surface area contributed by atoms with Crippen LogP contribution < -0.4 is 9.62 Å². The molecule has 0 bridgehead atoms. The average molecular weight is 642 g/mol. The van der Waals surface area contributed by atoms with E-state index in [1.165, 1.54) is 24.3 Å². The van der Waals surface area contributed by atoms with E-state index in [1.807, 2.05) is 13.8 Å². The number of carbonyl (C=O) groups is 2. The lowest BCUT2D eigenvalue weighted by Gasteiger charge is -2.34. The molecule has 0 saturated heterocycles. The first-order chi connectivity index (χ1) is 20.1. The van der Waals surface area contributed by atoms with Gasteiger partial charge in [-0.2, -0.15) is 13.2 Å². The van der Waals surface area contributed by atoms with Crippen LogP contribution in [0.3, 0.4) is 0 Å². The van der Waals surface area contributed by atoms with E-state index in [4.69, 9.17) is 11.6 Å². The third-order valence-corrected chi connectivity index (χ3v) is 7.92. The summed E-state index contributed by atoms with van der Waals surface area (Å²) in [7, 11) is -4.38. The molecule has 0 saturated carbocycles. The first-order valence-corrected chi connectivity index (χ1v) is 15.5. The first kappa shape index (κ1) is 33.9. The molecule has 3 aromatic rings. The second-order valence-corrected chi connectivity index (χ2v) is 12.7. The molecule has 2 amide bonds. The summed E-state index contributed by atoms with van der Waals surface area (Å²) >= 11 is 6.14. The molecule has 1 N–H and O–H groups in total. The summed E-state index contributed by atoms with van der Waals surface area (Å²) in [5.74, 6) is -2.13. The number of amides is 2. The zero-order chi connectivity index (χ0) is 31.9. The Hall–Kier alpha value is -3.64. The van der Waals surface area contributed by atoms with Crippen LogP contribution in [0.25, 0.3) is 0 Å². The predicted octanol–water partition coefficient (Wildman–Crippen LogP) is 5.68. The molecule has 0 fully saturated rings. The van der Waals surface area contributed by atoms with E-state index in [9.17, 15) is 35.6 Å². The van der Waals surface area contributed by atoms with Crippen LogP contribution in [0.4, 0.5) is 23.2 Å². The summed E-state index contributed by atoms with van der Waals surface area (Å²) in [5.41, 5.74) is -1.03. The predicted molar refractivity (Wildman–Crippen MR) is 157 cm³/mol. The third kappa shape index (κ3) is 9.42. The van der Waals surface area contributed by atoms with Crippen LogP contribution in [0.1, 0.15) is 30.5 Å². The van der Waals surface area contributed by atoms with Crippen molar-refractivity contribution in [1.29, 1.82) is 0 Å². The van der Waals surface area contributed by atoms with Gasteiger partial charge in [0.1, 0.15) is 18.4 Å². The number of sulfonamides is 1. The van der Waals surface area contributed by atoms with Gasteiger partial charge in [0.2, 0.25) is 21.8 Å². The third-order valence-electron chi connectivity index (χ3n) is 6.48.